The zero-order chi connectivity index (χ0) is 18.6. The number of fused-ring (bicyclic) bond motifs is 1. The molecule has 2 rings (SSSR count). The van der Waals surface area contributed by atoms with Crippen molar-refractivity contribution in [3.63, 3.8) is 0 Å². The summed E-state index contributed by atoms with van der Waals surface area (Å²) in [5, 5.41) is 15.5. The van der Waals surface area contributed by atoms with Gasteiger partial charge in [-0.2, -0.15) is 0 Å². The number of benzene rings is 1. The number of ether oxygens (including phenoxy) is 1. The van der Waals surface area contributed by atoms with E-state index in [1.807, 2.05) is 0 Å². The van der Waals surface area contributed by atoms with Crippen LogP contribution in [0.5, 0.6) is 5.75 Å². The lowest BCUT2D eigenvalue weighted by atomic mass is 10.2. The number of nitrogens with zero attached hydrogens (tertiary/aromatic N) is 1. The highest BCUT2D eigenvalue weighted by Gasteiger charge is 2.19. The Hall–Kier alpha value is -2.90. The predicted molar refractivity (Wildman–Crippen MR) is 93.8 cm³/mol. The summed E-state index contributed by atoms with van der Waals surface area (Å²) in [5.74, 6) is 0.0121. The van der Waals surface area contributed by atoms with Crippen LogP contribution in [0, 0.1) is 0 Å². The van der Waals surface area contributed by atoms with Gasteiger partial charge in [0.2, 0.25) is 0 Å². The van der Waals surface area contributed by atoms with Crippen LogP contribution in [0.4, 0.5) is 15.3 Å². The summed E-state index contributed by atoms with van der Waals surface area (Å²) in [6.45, 7) is 5.95. The van der Waals surface area contributed by atoms with Crippen molar-refractivity contribution >= 4 is 28.8 Å². The number of likely N-dealkylation sites (N-methyl/N-ethyl adjacent to an activating group) is 1. The molecular formula is C17H23N3O5. The van der Waals surface area contributed by atoms with Crippen LogP contribution in [0.1, 0.15) is 20.8 Å². The first kappa shape index (κ1) is 18.4. The van der Waals surface area contributed by atoms with Crippen LogP contribution in [-0.2, 0) is 4.74 Å². The van der Waals surface area contributed by atoms with E-state index in [4.69, 9.17) is 9.15 Å². The second-order valence-electron chi connectivity index (χ2n) is 6.61. The van der Waals surface area contributed by atoms with Gasteiger partial charge in [0.25, 0.3) is 0 Å². The molecule has 0 aliphatic carbocycles. The molecule has 0 aliphatic rings. The Labute approximate surface area is 145 Å². The zero-order valence-electron chi connectivity index (χ0n) is 14.8. The summed E-state index contributed by atoms with van der Waals surface area (Å²) >= 11 is 0. The SMILES string of the molecule is CN(CCNC(=O)Nc1ccc2occ(O)c2c1)C(=O)OC(C)(C)C. The minimum absolute atomic E-state index is 0.0121. The third-order valence-electron chi connectivity index (χ3n) is 3.25. The Balaban J connectivity index is 1.80. The molecule has 0 saturated carbocycles. The van der Waals surface area contributed by atoms with E-state index in [1.54, 1.807) is 46.0 Å². The Morgan fingerprint density at radius 2 is 2.04 bits per heavy atom. The van der Waals surface area contributed by atoms with Gasteiger partial charge in [-0.1, -0.05) is 0 Å². The highest BCUT2D eigenvalue weighted by Crippen LogP contribution is 2.28. The summed E-state index contributed by atoms with van der Waals surface area (Å²) in [4.78, 5) is 25.1. The molecule has 0 spiro atoms. The molecule has 2 aromatic rings. The molecule has 8 nitrogen and oxygen atoms in total. The molecule has 3 amide bonds. The summed E-state index contributed by atoms with van der Waals surface area (Å²) in [5.41, 5.74) is 0.484. The van der Waals surface area contributed by atoms with E-state index in [9.17, 15) is 14.7 Å². The fraction of sp³-hybridized carbons (Fsp3) is 0.412. The predicted octanol–water partition coefficient (Wildman–Crippen LogP) is 3.13. The van der Waals surface area contributed by atoms with E-state index in [-0.39, 0.29) is 12.3 Å². The van der Waals surface area contributed by atoms with Crippen LogP contribution >= 0.6 is 0 Å². The number of anilines is 1. The molecule has 0 bridgehead atoms. The number of carbonyl (C=O) groups excluding carboxylic acids is 2. The average Bonchev–Trinajstić information content (AvgIpc) is 2.86. The van der Waals surface area contributed by atoms with E-state index in [1.165, 1.54) is 11.2 Å². The van der Waals surface area contributed by atoms with Crippen molar-refractivity contribution in [3.8, 4) is 5.75 Å². The first-order valence-electron chi connectivity index (χ1n) is 7.85. The van der Waals surface area contributed by atoms with Crippen LogP contribution in [0.2, 0.25) is 0 Å². The molecule has 0 atom stereocenters. The number of rotatable bonds is 4. The second-order valence-corrected chi connectivity index (χ2v) is 6.61. The molecular weight excluding hydrogens is 326 g/mol. The topological polar surface area (TPSA) is 104 Å². The monoisotopic (exact) mass is 349 g/mol. The number of carbonyl (C=O) groups is 2. The maximum Gasteiger partial charge on any atom is 0.410 e. The van der Waals surface area contributed by atoms with Gasteiger partial charge >= 0.3 is 12.1 Å². The third-order valence-corrected chi connectivity index (χ3v) is 3.25. The summed E-state index contributed by atoms with van der Waals surface area (Å²) in [6.07, 6.45) is 0.789. The van der Waals surface area contributed by atoms with E-state index >= 15 is 0 Å². The number of amides is 3. The molecule has 8 heteroatoms. The van der Waals surface area contributed by atoms with Gasteiger partial charge in [-0.05, 0) is 39.0 Å². The molecule has 0 radical (unpaired) electrons. The molecule has 0 saturated heterocycles. The summed E-state index contributed by atoms with van der Waals surface area (Å²) in [7, 11) is 1.60. The van der Waals surface area contributed by atoms with Crippen molar-refractivity contribution in [3.05, 3.63) is 24.5 Å². The van der Waals surface area contributed by atoms with Crippen molar-refractivity contribution < 1.29 is 23.8 Å². The van der Waals surface area contributed by atoms with Crippen LogP contribution in [0.25, 0.3) is 11.0 Å². The number of urea groups is 1. The van der Waals surface area contributed by atoms with E-state index in [0.29, 0.717) is 23.2 Å². The van der Waals surface area contributed by atoms with Crippen molar-refractivity contribution in [2.75, 3.05) is 25.5 Å². The summed E-state index contributed by atoms with van der Waals surface area (Å²) in [6, 6.07) is 4.51. The van der Waals surface area contributed by atoms with E-state index < -0.39 is 17.7 Å². The lowest BCUT2D eigenvalue weighted by molar-refractivity contribution is 0.0301. The van der Waals surface area contributed by atoms with Gasteiger partial charge in [-0.15, -0.1) is 0 Å². The van der Waals surface area contributed by atoms with Gasteiger partial charge < -0.3 is 29.8 Å². The van der Waals surface area contributed by atoms with Crippen LogP contribution < -0.4 is 10.6 Å². The standard InChI is InChI=1S/C17H23N3O5/c1-17(2,3)25-16(23)20(4)8-7-18-15(22)19-11-5-6-14-12(9-11)13(21)10-24-14/h5-6,9-10,21H,7-8H2,1-4H3,(H2,18,19,22). The first-order valence-corrected chi connectivity index (χ1v) is 7.85. The van der Waals surface area contributed by atoms with Crippen molar-refractivity contribution in [2.45, 2.75) is 26.4 Å². The number of nitrogens with one attached hydrogen (secondary N) is 2. The smallest absolute Gasteiger partial charge is 0.410 e. The Bertz CT molecular complexity index is 763. The Morgan fingerprint density at radius 3 is 2.72 bits per heavy atom. The molecule has 1 heterocycles. The molecule has 0 aliphatic heterocycles. The molecule has 0 fully saturated rings. The van der Waals surface area contributed by atoms with Gasteiger partial charge in [-0.3, -0.25) is 0 Å². The number of aromatic hydroxyl groups is 1. The van der Waals surface area contributed by atoms with Gasteiger partial charge in [0.05, 0.1) is 5.39 Å². The van der Waals surface area contributed by atoms with E-state index in [0.717, 1.165) is 0 Å². The first-order chi connectivity index (χ1) is 11.7. The van der Waals surface area contributed by atoms with Crippen molar-refractivity contribution in [1.29, 1.82) is 0 Å². The van der Waals surface area contributed by atoms with Gasteiger partial charge in [0, 0.05) is 25.8 Å². The van der Waals surface area contributed by atoms with Crippen molar-refractivity contribution in [1.82, 2.24) is 10.2 Å². The fourth-order valence-electron chi connectivity index (χ4n) is 2.04. The minimum Gasteiger partial charge on any atom is -0.504 e. The minimum atomic E-state index is -0.562. The fourth-order valence-corrected chi connectivity index (χ4v) is 2.04. The molecule has 136 valence electrons. The van der Waals surface area contributed by atoms with Gasteiger partial charge in [0.1, 0.15) is 17.4 Å². The molecule has 1 aromatic heterocycles. The number of furan rings is 1. The highest BCUT2D eigenvalue weighted by molar-refractivity contribution is 5.93. The summed E-state index contributed by atoms with van der Waals surface area (Å²) < 4.78 is 10.4. The normalized spacial score (nSPS) is 11.2. The van der Waals surface area contributed by atoms with Crippen LogP contribution in [0.3, 0.4) is 0 Å². The van der Waals surface area contributed by atoms with Crippen molar-refractivity contribution in [2.24, 2.45) is 0 Å². The van der Waals surface area contributed by atoms with Crippen LogP contribution in [0.15, 0.2) is 28.9 Å². The third kappa shape index (κ3) is 5.30. The van der Waals surface area contributed by atoms with Gasteiger partial charge in [0.15, 0.2) is 5.75 Å². The lowest BCUT2D eigenvalue weighted by Crippen LogP contribution is -2.40. The maximum atomic E-state index is 11.9. The van der Waals surface area contributed by atoms with E-state index in [2.05, 4.69) is 10.6 Å². The highest BCUT2D eigenvalue weighted by atomic mass is 16.6. The second kappa shape index (κ2) is 7.33. The number of hydrogen-bond acceptors (Lipinski definition) is 5. The molecule has 3 N–H and O–H groups in total. The Kier molecular flexibility index (Phi) is 5.41. The Morgan fingerprint density at radius 1 is 1.32 bits per heavy atom. The lowest BCUT2D eigenvalue weighted by Gasteiger charge is -2.24. The zero-order valence-corrected chi connectivity index (χ0v) is 14.8. The van der Waals surface area contributed by atoms with Crippen LogP contribution in [-0.4, -0.2) is 47.9 Å². The van der Waals surface area contributed by atoms with Gasteiger partial charge in [-0.25, -0.2) is 9.59 Å². The number of hydrogen-bond donors (Lipinski definition) is 3. The average molecular weight is 349 g/mol. The molecule has 0 unspecified atom stereocenters. The molecule has 1 aromatic carbocycles. The largest absolute Gasteiger partial charge is 0.504 e. The maximum absolute atomic E-state index is 11.9. The molecule has 25 heavy (non-hydrogen) atoms. The quantitative estimate of drug-likeness (QED) is 0.787.